The Balaban J connectivity index is 1.78. The number of thioether (sulfide) groups is 1. The van der Waals surface area contributed by atoms with E-state index in [9.17, 15) is 13.6 Å². The Hall–Kier alpha value is -1.60. The van der Waals surface area contributed by atoms with E-state index in [2.05, 4.69) is 21.2 Å². The van der Waals surface area contributed by atoms with E-state index in [-0.39, 0.29) is 11.1 Å². The van der Waals surface area contributed by atoms with Crippen molar-refractivity contribution in [1.82, 2.24) is 4.90 Å². The summed E-state index contributed by atoms with van der Waals surface area (Å²) < 4.78 is 27.8. The monoisotopic (exact) mass is 398 g/mol. The molecule has 2 amide bonds. The highest BCUT2D eigenvalue weighted by molar-refractivity contribution is 9.10. The molecule has 0 radical (unpaired) electrons. The molecule has 0 aliphatic carbocycles. The maximum Gasteiger partial charge on any atom is 0.323 e. The smallest absolute Gasteiger partial charge is 0.308 e. The van der Waals surface area contributed by atoms with Crippen molar-refractivity contribution < 1.29 is 13.6 Å². The van der Waals surface area contributed by atoms with Gasteiger partial charge in [0.1, 0.15) is 17.0 Å². The molecule has 0 spiro atoms. The van der Waals surface area contributed by atoms with Crippen molar-refractivity contribution >= 4 is 39.4 Å². The van der Waals surface area contributed by atoms with Gasteiger partial charge in [0, 0.05) is 22.8 Å². The van der Waals surface area contributed by atoms with E-state index in [1.807, 2.05) is 24.3 Å². The van der Waals surface area contributed by atoms with Gasteiger partial charge in [-0.05, 0) is 29.8 Å². The van der Waals surface area contributed by atoms with Crippen LogP contribution in [0.25, 0.3) is 0 Å². The largest absolute Gasteiger partial charge is 0.323 e. The lowest BCUT2D eigenvalue weighted by atomic mass is 10.2. The van der Waals surface area contributed by atoms with Crippen LogP contribution in [0.5, 0.6) is 0 Å². The fraction of sp³-hybridized carbons (Fsp3) is 0.188. The number of nitrogens with one attached hydrogen (secondary N) is 1. The van der Waals surface area contributed by atoms with Gasteiger partial charge in [-0.25, -0.2) is 13.6 Å². The van der Waals surface area contributed by atoms with Gasteiger partial charge in [0.2, 0.25) is 0 Å². The third-order valence-corrected chi connectivity index (χ3v) is 5.27. The molecule has 2 aromatic rings. The first kappa shape index (κ1) is 16.3. The number of hydrogen-bond acceptors (Lipinski definition) is 2. The van der Waals surface area contributed by atoms with E-state index < -0.39 is 17.7 Å². The molecule has 0 saturated carbocycles. The average molecular weight is 399 g/mol. The fourth-order valence-electron chi connectivity index (χ4n) is 2.36. The molecule has 2 aromatic carbocycles. The molecule has 23 heavy (non-hydrogen) atoms. The van der Waals surface area contributed by atoms with Crippen LogP contribution in [-0.4, -0.2) is 23.2 Å². The van der Waals surface area contributed by atoms with Gasteiger partial charge in [0.15, 0.2) is 0 Å². The van der Waals surface area contributed by atoms with Gasteiger partial charge in [-0.2, -0.15) is 0 Å². The van der Waals surface area contributed by atoms with Gasteiger partial charge in [0.25, 0.3) is 0 Å². The molecule has 7 heteroatoms. The van der Waals surface area contributed by atoms with Crippen LogP contribution in [0.1, 0.15) is 10.9 Å². The standard InChI is InChI=1S/C16H13BrF2N2OS/c17-11-3-1-10(2-4-11)15-21(7-8-23-15)16(22)20-14-9-12(18)5-6-13(14)19/h1-6,9,15H,7-8H2,(H,20,22). The summed E-state index contributed by atoms with van der Waals surface area (Å²) in [5.74, 6) is -0.464. The lowest BCUT2D eigenvalue weighted by Gasteiger charge is -2.24. The number of carbonyl (C=O) groups is 1. The molecule has 120 valence electrons. The number of halogens is 3. The lowest BCUT2D eigenvalue weighted by molar-refractivity contribution is 0.214. The first-order valence-corrected chi connectivity index (χ1v) is 8.78. The molecule has 1 aliphatic heterocycles. The summed E-state index contributed by atoms with van der Waals surface area (Å²) >= 11 is 5.02. The van der Waals surface area contributed by atoms with Gasteiger partial charge >= 0.3 is 6.03 Å². The first-order valence-electron chi connectivity index (χ1n) is 6.94. The molecular formula is C16H13BrF2N2OS. The molecular weight excluding hydrogens is 386 g/mol. The second-order valence-corrected chi connectivity index (χ2v) is 7.13. The first-order chi connectivity index (χ1) is 11.0. The number of urea groups is 1. The summed E-state index contributed by atoms with van der Waals surface area (Å²) in [5, 5.41) is 2.31. The Bertz CT molecular complexity index is 727. The highest BCUT2D eigenvalue weighted by atomic mass is 79.9. The minimum atomic E-state index is -0.660. The zero-order valence-corrected chi connectivity index (χ0v) is 14.3. The van der Waals surface area contributed by atoms with Crippen molar-refractivity contribution in [3.05, 3.63) is 64.1 Å². The van der Waals surface area contributed by atoms with Crippen LogP contribution in [0.2, 0.25) is 0 Å². The zero-order valence-electron chi connectivity index (χ0n) is 11.9. The normalized spacial score (nSPS) is 17.3. The predicted octanol–water partition coefficient (Wildman–Crippen LogP) is 5.01. The molecule has 0 aromatic heterocycles. The minimum absolute atomic E-state index is 0.139. The molecule has 3 nitrogen and oxygen atoms in total. The molecule has 1 N–H and O–H groups in total. The molecule has 1 saturated heterocycles. The Morgan fingerprint density at radius 1 is 1.22 bits per heavy atom. The third kappa shape index (κ3) is 3.67. The van der Waals surface area contributed by atoms with Crippen LogP contribution >= 0.6 is 27.7 Å². The third-order valence-electron chi connectivity index (χ3n) is 3.48. The molecule has 3 rings (SSSR count). The zero-order chi connectivity index (χ0) is 16.4. The van der Waals surface area contributed by atoms with E-state index in [0.29, 0.717) is 6.54 Å². The average Bonchev–Trinajstić information content (AvgIpc) is 3.01. The number of nitrogens with zero attached hydrogens (tertiary/aromatic N) is 1. The van der Waals surface area contributed by atoms with Crippen LogP contribution in [-0.2, 0) is 0 Å². The van der Waals surface area contributed by atoms with E-state index in [4.69, 9.17) is 0 Å². The Morgan fingerprint density at radius 3 is 2.70 bits per heavy atom. The summed E-state index contributed by atoms with van der Waals surface area (Å²) in [5.41, 5.74) is 0.840. The number of benzene rings is 2. The second kappa shape index (κ2) is 6.88. The summed E-state index contributed by atoms with van der Waals surface area (Å²) in [6, 6.07) is 10.3. The van der Waals surface area contributed by atoms with E-state index in [0.717, 1.165) is 34.0 Å². The molecule has 1 atom stereocenters. The van der Waals surface area contributed by atoms with Gasteiger partial charge in [-0.15, -0.1) is 11.8 Å². The fourth-order valence-corrected chi connectivity index (χ4v) is 3.88. The van der Waals surface area contributed by atoms with E-state index in [1.54, 1.807) is 16.7 Å². The second-order valence-electron chi connectivity index (χ2n) is 5.02. The van der Waals surface area contributed by atoms with Gasteiger partial charge in [-0.3, -0.25) is 0 Å². The Morgan fingerprint density at radius 2 is 1.96 bits per heavy atom. The maximum absolute atomic E-state index is 13.7. The number of carbonyl (C=O) groups excluding carboxylic acids is 1. The van der Waals surface area contributed by atoms with Crippen molar-refractivity contribution in [1.29, 1.82) is 0 Å². The van der Waals surface area contributed by atoms with Crippen molar-refractivity contribution in [2.45, 2.75) is 5.37 Å². The Kier molecular flexibility index (Phi) is 4.87. The van der Waals surface area contributed by atoms with Crippen LogP contribution in [0.15, 0.2) is 46.9 Å². The molecule has 1 heterocycles. The number of rotatable bonds is 2. The van der Waals surface area contributed by atoms with E-state index >= 15 is 0 Å². The molecule has 0 bridgehead atoms. The summed E-state index contributed by atoms with van der Waals surface area (Å²) in [6.07, 6.45) is 0. The number of anilines is 1. The highest BCUT2D eigenvalue weighted by Gasteiger charge is 2.31. The quantitative estimate of drug-likeness (QED) is 0.771. The summed E-state index contributed by atoms with van der Waals surface area (Å²) in [7, 11) is 0. The minimum Gasteiger partial charge on any atom is -0.308 e. The van der Waals surface area contributed by atoms with Crippen molar-refractivity contribution in [3.8, 4) is 0 Å². The van der Waals surface area contributed by atoms with E-state index in [1.165, 1.54) is 0 Å². The summed E-state index contributed by atoms with van der Waals surface area (Å²) in [4.78, 5) is 14.1. The van der Waals surface area contributed by atoms with Crippen LogP contribution in [0.4, 0.5) is 19.3 Å². The summed E-state index contributed by atoms with van der Waals surface area (Å²) in [6.45, 7) is 0.550. The predicted molar refractivity (Wildman–Crippen MR) is 91.4 cm³/mol. The lowest BCUT2D eigenvalue weighted by Crippen LogP contribution is -2.34. The van der Waals surface area contributed by atoms with Crippen molar-refractivity contribution in [3.63, 3.8) is 0 Å². The van der Waals surface area contributed by atoms with Crippen LogP contribution in [0.3, 0.4) is 0 Å². The SMILES string of the molecule is O=C(Nc1cc(F)ccc1F)N1CCSC1c1ccc(Br)cc1. The van der Waals surface area contributed by atoms with Crippen molar-refractivity contribution in [2.24, 2.45) is 0 Å². The van der Waals surface area contributed by atoms with Crippen molar-refractivity contribution in [2.75, 3.05) is 17.6 Å². The molecule has 1 fully saturated rings. The van der Waals surface area contributed by atoms with Crippen LogP contribution < -0.4 is 5.32 Å². The highest BCUT2D eigenvalue weighted by Crippen LogP contribution is 2.38. The van der Waals surface area contributed by atoms with Crippen LogP contribution in [0, 0.1) is 11.6 Å². The number of amides is 2. The van der Waals surface area contributed by atoms with Gasteiger partial charge in [-0.1, -0.05) is 28.1 Å². The Labute approximate surface area is 145 Å². The molecule has 1 unspecified atom stereocenters. The maximum atomic E-state index is 13.7. The molecule has 1 aliphatic rings. The topological polar surface area (TPSA) is 32.3 Å². The van der Waals surface area contributed by atoms with Gasteiger partial charge in [0.05, 0.1) is 5.69 Å². The number of hydrogen-bond donors (Lipinski definition) is 1. The van der Waals surface area contributed by atoms with Gasteiger partial charge < -0.3 is 10.2 Å².